The first kappa shape index (κ1) is 75.9. The van der Waals surface area contributed by atoms with Gasteiger partial charge in [-0.15, -0.1) is 23.2 Å². The molecule has 97 heavy (non-hydrogen) atoms. The van der Waals surface area contributed by atoms with Crippen molar-refractivity contribution >= 4 is 23.2 Å². The highest BCUT2D eigenvalue weighted by molar-refractivity contribution is 6.17. The van der Waals surface area contributed by atoms with Crippen LogP contribution < -0.4 is 18.9 Å². The van der Waals surface area contributed by atoms with Crippen LogP contribution in [0.3, 0.4) is 0 Å². The van der Waals surface area contributed by atoms with Crippen molar-refractivity contribution in [2.75, 3.05) is 28.4 Å². The number of aliphatic hydroxyl groups is 2. The smallest absolute Gasteiger partial charge is 0.131 e. The summed E-state index contributed by atoms with van der Waals surface area (Å²) in [5, 5.41) is 19.1. The van der Waals surface area contributed by atoms with Crippen LogP contribution in [-0.4, -0.2) is 38.7 Å². The van der Waals surface area contributed by atoms with Gasteiger partial charge in [0.25, 0.3) is 0 Å². The summed E-state index contributed by atoms with van der Waals surface area (Å²) in [7, 11) is 6.39. The third-order valence-corrected chi connectivity index (χ3v) is 22.1. The van der Waals surface area contributed by atoms with E-state index in [0.29, 0.717) is 80.7 Å². The van der Waals surface area contributed by atoms with E-state index in [1.807, 2.05) is 60.7 Å². The summed E-state index contributed by atoms with van der Waals surface area (Å²) >= 11 is 12.1. The van der Waals surface area contributed by atoms with Crippen molar-refractivity contribution in [1.29, 1.82) is 0 Å². The molecule has 0 bridgehead atoms. The van der Waals surface area contributed by atoms with Crippen LogP contribution in [0.1, 0.15) is 208 Å². The molecule has 0 unspecified atom stereocenters. The van der Waals surface area contributed by atoms with E-state index in [1.54, 1.807) is 77.0 Å². The molecule has 4 aliphatic carbocycles. The number of ether oxygens (including phenoxy) is 4. The SMILES string of the molecule is C.COc1ccc(F)c(-c2ccc(CCl)cc2[C@@H]2CCCC2(C)C)c1.COc1ccc(F)c(-c2ccc(CCl)cc2[C@H]2CCCC2(C)C)c1.COc1ccc(F)c(-c2ccc(CO)cc2[C@@H]2CCCC2(C)C)c1.COc1ccc(F)c(-c2ccc(CO)cc2[C@H]2CCCC2(C)C)c1. The third-order valence-electron chi connectivity index (χ3n) is 21.5. The van der Waals surface area contributed by atoms with E-state index in [4.69, 9.17) is 42.1 Å². The molecule has 520 valence electrons. The normalized spacial score (nSPS) is 19.3. The van der Waals surface area contributed by atoms with Crippen LogP contribution in [0.15, 0.2) is 146 Å². The minimum atomic E-state index is -0.246. The summed E-state index contributed by atoms with van der Waals surface area (Å²) in [6.07, 6.45) is 14.0. The van der Waals surface area contributed by atoms with Crippen LogP contribution in [0.2, 0.25) is 0 Å². The minimum absolute atomic E-state index is 0. The number of methoxy groups -OCH3 is 4. The topological polar surface area (TPSA) is 77.4 Å². The molecule has 2 N–H and O–H groups in total. The predicted molar refractivity (Wildman–Crippen MR) is 393 cm³/mol. The van der Waals surface area contributed by atoms with Gasteiger partial charge in [-0.2, -0.15) is 0 Å². The van der Waals surface area contributed by atoms with Crippen molar-refractivity contribution in [2.45, 2.75) is 189 Å². The van der Waals surface area contributed by atoms with Crippen molar-refractivity contribution in [3.63, 3.8) is 0 Å². The molecule has 0 amide bonds. The first-order chi connectivity index (χ1) is 45.8. The standard InChI is InChI=1S/2C21H24ClFO.2C21H25FO2.CH4/c2*1-21(2)10-4-5-19(21)17-11-14(13-22)6-8-16(17)18-12-15(24-3)7-9-20(18)23;2*1-21(2)10-4-5-19(21)17-11-14(13-23)6-8-16(17)18-12-15(24-3)7-9-20(18)22;/h2*6-9,11-12,19H,4-5,10,13H2,1-3H3;2*6-9,11-12,19,23H,4-5,10,13H2,1-3H3;1H4/t4*19-;/m1010./s1. The van der Waals surface area contributed by atoms with Crippen molar-refractivity contribution in [3.05, 3.63) is 213 Å². The number of hydrogen-bond donors (Lipinski definition) is 2. The second-order valence-electron chi connectivity index (χ2n) is 29.4. The molecule has 12 rings (SSSR count). The van der Waals surface area contributed by atoms with Crippen molar-refractivity contribution in [3.8, 4) is 67.5 Å². The lowest BCUT2D eigenvalue weighted by Gasteiger charge is -2.30. The molecule has 0 aliphatic heterocycles. The fourth-order valence-corrected chi connectivity index (χ4v) is 16.2. The van der Waals surface area contributed by atoms with Gasteiger partial charge in [0.15, 0.2) is 0 Å². The van der Waals surface area contributed by atoms with Crippen LogP contribution in [0, 0.1) is 44.9 Å². The zero-order valence-electron chi connectivity index (χ0n) is 58.3. The van der Waals surface area contributed by atoms with Crippen LogP contribution in [0.5, 0.6) is 23.0 Å². The van der Waals surface area contributed by atoms with Gasteiger partial charge in [-0.05, 0) is 236 Å². The summed E-state index contributed by atoms with van der Waals surface area (Å²) in [5.41, 5.74) is 15.5. The number of benzene rings is 8. The molecule has 6 nitrogen and oxygen atoms in total. The summed E-state index contributed by atoms with van der Waals surface area (Å²) in [6, 6.07) is 43.6. The molecule has 8 aromatic rings. The molecule has 4 aliphatic rings. The highest BCUT2D eigenvalue weighted by Crippen LogP contribution is 2.56. The molecule has 0 spiro atoms. The molecule has 0 aromatic heterocycles. The van der Waals surface area contributed by atoms with E-state index < -0.39 is 0 Å². The van der Waals surface area contributed by atoms with Gasteiger partial charge in [0, 0.05) is 34.0 Å². The van der Waals surface area contributed by atoms with Gasteiger partial charge < -0.3 is 29.2 Å². The number of halogens is 6. The van der Waals surface area contributed by atoms with Gasteiger partial charge in [-0.25, -0.2) is 17.6 Å². The van der Waals surface area contributed by atoms with E-state index in [-0.39, 0.29) is 65.6 Å². The Morgan fingerprint density at radius 3 is 0.732 bits per heavy atom. The Balaban J connectivity index is 0.000000165. The molecule has 4 saturated carbocycles. The van der Waals surface area contributed by atoms with Crippen molar-refractivity contribution in [1.82, 2.24) is 0 Å². The third kappa shape index (κ3) is 17.4. The number of aliphatic hydroxyl groups excluding tert-OH is 2. The Morgan fingerprint density at radius 1 is 0.330 bits per heavy atom. The van der Waals surface area contributed by atoms with E-state index in [1.165, 1.54) is 86.8 Å². The first-order valence-electron chi connectivity index (χ1n) is 34.0. The highest BCUT2D eigenvalue weighted by atomic mass is 35.5. The van der Waals surface area contributed by atoms with E-state index in [2.05, 4.69) is 67.5 Å². The monoisotopic (exact) mass is 1360 g/mol. The highest BCUT2D eigenvalue weighted by Gasteiger charge is 2.41. The lowest BCUT2D eigenvalue weighted by Crippen LogP contribution is -2.16. The molecule has 12 heteroatoms. The predicted octanol–water partition coefficient (Wildman–Crippen LogP) is 24.3. The molecule has 8 aromatic carbocycles. The molecule has 4 fully saturated rings. The van der Waals surface area contributed by atoms with Gasteiger partial charge in [0.1, 0.15) is 46.3 Å². The molecule has 0 saturated heterocycles. The minimum Gasteiger partial charge on any atom is -0.497 e. The second kappa shape index (κ2) is 32.9. The van der Waals surface area contributed by atoms with Crippen LogP contribution >= 0.6 is 23.2 Å². The van der Waals surface area contributed by atoms with Gasteiger partial charge >= 0.3 is 0 Å². The summed E-state index contributed by atoms with van der Waals surface area (Å²) < 4.78 is 79.3. The van der Waals surface area contributed by atoms with Crippen molar-refractivity contribution < 1.29 is 46.7 Å². The summed E-state index contributed by atoms with van der Waals surface area (Å²) in [5.74, 6) is 4.23. The average Bonchev–Trinajstić information content (AvgIpc) is 1.78. The fourth-order valence-electron chi connectivity index (χ4n) is 15.9. The van der Waals surface area contributed by atoms with Gasteiger partial charge in [-0.3, -0.25) is 0 Å². The summed E-state index contributed by atoms with van der Waals surface area (Å²) in [4.78, 5) is 0. The number of rotatable bonds is 16. The van der Waals surface area contributed by atoms with Crippen molar-refractivity contribution in [2.24, 2.45) is 21.7 Å². The largest absolute Gasteiger partial charge is 0.497 e. The van der Waals surface area contributed by atoms with E-state index in [0.717, 1.165) is 81.3 Å². The van der Waals surface area contributed by atoms with Crippen LogP contribution in [0.4, 0.5) is 17.6 Å². The Labute approximate surface area is 586 Å². The first-order valence-corrected chi connectivity index (χ1v) is 35.1. The maximum Gasteiger partial charge on any atom is 0.131 e. The number of alkyl halides is 2. The Morgan fingerprint density at radius 2 is 0.546 bits per heavy atom. The lowest BCUT2D eigenvalue weighted by atomic mass is 9.75. The molecular formula is C85H102Cl2F4O6. The van der Waals surface area contributed by atoms with Crippen LogP contribution in [0.25, 0.3) is 44.5 Å². The van der Waals surface area contributed by atoms with Gasteiger partial charge in [0.2, 0.25) is 0 Å². The molecule has 0 radical (unpaired) electrons. The zero-order valence-corrected chi connectivity index (χ0v) is 59.8. The Bertz CT molecular complexity index is 3460. The average molecular weight is 1370 g/mol. The van der Waals surface area contributed by atoms with Gasteiger partial charge in [-0.1, -0.05) is 161 Å². The zero-order chi connectivity index (χ0) is 69.3. The maximum absolute atomic E-state index is 14.6. The van der Waals surface area contributed by atoms with E-state index in [9.17, 15) is 27.8 Å². The fraction of sp³-hybridized carbons (Fsp3) is 0.435. The van der Waals surface area contributed by atoms with Crippen LogP contribution in [-0.2, 0) is 25.0 Å². The lowest BCUT2D eigenvalue weighted by molar-refractivity contribution is 0.281. The quantitative estimate of drug-likeness (QED) is 0.0741. The number of hydrogen-bond acceptors (Lipinski definition) is 6. The Kier molecular flexibility index (Phi) is 25.8. The second-order valence-corrected chi connectivity index (χ2v) is 29.9. The molecular weight excluding hydrogens is 1260 g/mol. The molecule has 4 atom stereocenters. The Hall–Kier alpha value is -6.82. The van der Waals surface area contributed by atoms with E-state index >= 15 is 0 Å². The summed E-state index contributed by atoms with van der Waals surface area (Å²) in [6.45, 7) is 18.4. The maximum atomic E-state index is 14.6. The van der Waals surface area contributed by atoms with Gasteiger partial charge in [0.05, 0.1) is 41.7 Å². The molecule has 0 heterocycles.